The second kappa shape index (κ2) is 5.76. The van der Waals surface area contributed by atoms with E-state index >= 15 is 0 Å². The Hall–Kier alpha value is -1.10. The van der Waals surface area contributed by atoms with E-state index in [1.165, 1.54) is 4.90 Å². The Labute approximate surface area is 139 Å². The quantitative estimate of drug-likeness (QED) is 0.796. The fraction of sp³-hybridized carbons (Fsp3) is 0.889. The first-order chi connectivity index (χ1) is 10.7. The molecule has 3 fully saturated rings. The van der Waals surface area contributed by atoms with E-state index in [4.69, 9.17) is 0 Å². The molecule has 3 rings (SSSR count). The summed E-state index contributed by atoms with van der Waals surface area (Å²) < 4.78 is 0. The van der Waals surface area contributed by atoms with Crippen LogP contribution >= 0.6 is 0 Å². The maximum Gasteiger partial charge on any atom is 0.326 e. The molecule has 1 saturated carbocycles. The highest BCUT2D eigenvalue weighted by atomic mass is 16.2. The number of carbonyl (C=O) groups is 2. The minimum Gasteiger partial charge on any atom is -0.323 e. The van der Waals surface area contributed by atoms with Gasteiger partial charge < -0.3 is 5.32 Å². The molecule has 2 aliphatic heterocycles. The third-order valence-electron chi connectivity index (χ3n) is 5.84. The zero-order valence-corrected chi connectivity index (χ0v) is 15.0. The Kier molecular flexibility index (Phi) is 4.20. The third-order valence-corrected chi connectivity index (χ3v) is 5.84. The van der Waals surface area contributed by atoms with Gasteiger partial charge in [-0.1, -0.05) is 27.7 Å². The van der Waals surface area contributed by atoms with Crippen molar-refractivity contribution in [3.63, 3.8) is 0 Å². The highest BCUT2D eigenvalue weighted by molar-refractivity contribution is 6.07. The summed E-state index contributed by atoms with van der Waals surface area (Å²) in [4.78, 5) is 29.3. The zero-order valence-electron chi connectivity index (χ0n) is 15.0. The lowest BCUT2D eigenvalue weighted by atomic mass is 9.64. The first-order valence-corrected chi connectivity index (χ1v) is 9.07. The summed E-state index contributed by atoms with van der Waals surface area (Å²) in [6.45, 7) is 11.3. The molecular formula is C18H31N3O2. The molecule has 2 atom stereocenters. The van der Waals surface area contributed by atoms with Gasteiger partial charge in [-0.2, -0.15) is 0 Å². The summed E-state index contributed by atoms with van der Waals surface area (Å²) in [5.74, 6) is 1.21. The van der Waals surface area contributed by atoms with Crippen molar-refractivity contribution in [2.45, 2.75) is 65.3 Å². The minimum atomic E-state index is -0.665. The smallest absolute Gasteiger partial charge is 0.323 e. The van der Waals surface area contributed by atoms with Crippen molar-refractivity contribution >= 4 is 11.9 Å². The van der Waals surface area contributed by atoms with Crippen LogP contribution in [0.2, 0.25) is 0 Å². The van der Waals surface area contributed by atoms with Crippen LogP contribution in [0.4, 0.5) is 4.79 Å². The molecular weight excluding hydrogens is 290 g/mol. The molecule has 23 heavy (non-hydrogen) atoms. The molecule has 3 amide bonds. The van der Waals surface area contributed by atoms with E-state index in [-0.39, 0.29) is 17.4 Å². The van der Waals surface area contributed by atoms with Gasteiger partial charge in [-0.25, -0.2) is 9.69 Å². The van der Waals surface area contributed by atoms with Gasteiger partial charge in [0, 0.05) is 13.1 Å². The minimum absolute atomic E-state index is 0.000692. The largest absolute Gasteiger partial charge is 0.326 e. The van der Waals surface area contributed by atoms with E-state index in [2.05, 4.69) is 37.9 Å². The number of urea groups is 1. The Morgan fingerprint density at radius 3 is 2.35 bits per heavy atom. The van der Waals surface area contributed by atoms with E-state index < -0.39 is 5.54 Å². The number of rotatable bonds is 2. The van der Waals surface area contributed by atoms with Crippen molar-refractivity contribution in [2.75, 3.05) is 19.8 Å². The SMILES string of the molecule is CC1CCN(CN2C(=O)N[C@]3(C[C@@H](C)CC(C)(C)C3)C2=O)CC1. The number of hydrogen-bond donors (Lipinski definition) is 1. The zero-order chi connectivity index (χ0) is 16.8. The van der Waals surface area contributed by atoms with Gasteiger partial charge in [0.25, 0.3) is 5.91 Å². The fourth-order valence-corrected chi connectivity index (χ4v) is 5.04. The van der Waals surface area contributed by atoms with Gasteiger partial charge in [0.2, 0.25) is 0 Å². The van der Waals surface area contributed by atoms with Gasteiger partial charge in [0.15, 0.2) is 0 Å². The third kappa shape index (κ3) is 3.25. The van der Waals surface area contributed by atoms with Crippen LogP contribution < -0.4 is 5.32 Å². The van der Waals surface area contributed by atoms with Crippen molar-refractivity contribution in [1.29, 1.82) is 0 Å². The molecule has 0 aromatic carbocycles. The molecule has 0 bridgehead atoms. The Balaban J connectivity index is 1.72. The average molecular weight is 321 g/mol. The van der Waals surface area contributed by atoms with Crippen molar-refractivity contribution in [2.24, 2.45) is 17.3 Å². The summed E-state index contributed by atoms with van der Waals surface area (Å²) >= 11 is 0. The van der Waals surface area contributed by atoms with Gasteiger partial charge in [0.1, 0.15) is 5.54 Å². The molecule has 0 unspecified atom stereocenters. The maximum absolute atomic E-state index is 13.1. The molecule has 130 valence electrons. The van der Waals surface area contributed by atoms with Gasteiger partial charge in [0.05, 0.1) is 6.67 Å². The number of piperidine rings is 1. The number of carbonyl (C=O) groups excluding carboxylic acids is 2. The monoisotopic (exact) mass is 321 g/mol. The van der Waals surface area contributed by atoms with E-state index in [9.17, 15) is 9.59 Å². The molecule has 2 saturated heterocycles. The van der Waals surface area contributed by atoms with Crippen LogP contribution in [0, 0.1) is 17.3 Å². The second-order valence-electron chi connectivity index (χ2n) is 9.04. The van der Waals surface area contributed by atoms with Crippen molar-refractivity contribution in [3.05, 3.63) is 0 Å². The Bertz CT molecular complexity index is 496. The van der Waals surface area contributed by atoms with Crippen LogP contribution in [0.1, 0.15) is 59.8 Å². The Morgan fingerprint density at radius 2 is 1.74 bits per heavy atom. The van der Waals surface area contributed by atoms with E-state index in [1.54, 1.807) is 0 Å². The molecule has 0 radical (unpaired) electrons. The van der Waals surface area contributed by atoms with Crippen molar-refractivity contribution in [3.8, 4) is 0 Å². The first-order valence-electron chi connectivity index (χ1n) is 9.07. The summed E-state index contributed by atoms with van der Waals surface area (Å²) in [5.41, 5.74) is -0.571. The molecule has 2 heterocycles. The average Bonchev–Trinajstić information content (AvgIpc) is 2.62. The number of nitrogens with one attached hydrogen (secondary N) is 1. The second-order valence-corrected chi connectivity index (χ2v) is 9.04. The van der Waals surface area contributed by atoms with E-state index in [0.717, 1.165) is 51.1 Å². The number of likely N-dealkylation sites (tertiary alicyclic amines) is 1. The molecule has 5 nitrogen and oxygen atoms in total. The lowest BCUT2D eigenvalue weighted by Crippen LogP contribution is -2.54. The van der Waals surface area contributed by atoms with Crippen molar-refractivity contribution < 1.29 is 9.59 Å². The van der Waals surface area contributed by atoms with Gasteiger partial charge >= 0.3 is 6.03 Å². The molecule has 1 aliphatic carbocycles. The van der Waals surface area contributed by atoms with E-state index in [1.807, 2.05) is 0 Å². The van der Waals surface area contributed by atoms with Gasteiger partial charge in [-0.15, -0.1) is 0 Å². The van der Waals surface area contributed by atoms with Gasteiger partial charge in [-0.3, -0.25) is 9.69 Å². The molecule has 1 spiro atoms. The number of hydrogen-bond acceptors (Lipinski definition) is 3. The maximum atomic E-state index is 13.1. The summed E-state index contributed by atoms with van der Waals surface area (Å²) in [7, 11) is 0. The van der Waals surface area contributed by atoms with Gasteiger partial charge in [-0.05, 0) is 49.4 Å². The van der Waals surface area contributed by atoms with Crippen LogP contribution in [-0.2, 0) is 4.79 Å². The number of imide groups is 1. The summed E-state index contributed by atoms with van der Waals surface area (Å²) in [6, 6.07) is -0.196. The molecule has 3 aliphatic rings. The predicted molar refractivity (Wildman–Crippen MR) is 89.7 cm³/mol. The lowest BCUT2D eigenvalue weighted by molar-refractivity contribution is -0.136. The molecule has 1 N–H and O–H groups in total. The highest BCUT2D eigenvalue weighted by Crippen LogP contribution is 2.46. The van der Waals surface area contributed by atoms with Crippen LogP contribution in [0.5, 0.6) is 0 Å². The van der Waals surface area contributed by atoms with Crippen LogP contribution in [-0.4, -0.2) is 47.0 Å². The number of nitrogens with zero attached hydrogens (tertiary/aromatic N) is 2. The lowest BCUT2D eigenvalue weighted by Gasteiger charge is -2.44. The van der Waals surface area contributed by atoms with Crippen LogP contribution in [0.15, 0.2) is 0 Å². The van der Waals surface area contributed by atoms with Crippen molar-refractivity contribution in [1.82, 2.24) is 15.1 Å². The molecule has 0 aromatic heterocycles. The van der Waals surface area contributed by atoms with Crippen LogP contribution in [0.3, 0.4) is 0 Å². The highest BCUT2D eigenvalue weighted by Gasteiger charge is 2.56. The molecule has 0 aromatic rings. The summed E-state index contributed by atoms with van der Waals surface area (Å²) in [5, 5.41) is 3.06. The number of amides is 3. The normalized spacial score (nSPS) is 35.8. The fourth-order valence-electron chi connectivity index (χ4n) is 5.04. The standard InChI is InChI=1S/C18H31N3O2/c1-13-5-7-20(8-6-13)12-21-15(22)18(19-16(21)23)10-14(2)9-17(3,4)11-18/h13-14H,5-12H2,1-4H3,(H,19,23)/t14-,18-/m0/s1. The van der Waals surface area contributed by atoms with Crippen LogP contribution in [0.25, 0.3) is 0 Å². The summed E-state index contributed by atoms with van der Waals surface area (Å²) in [6.07, 6.45) is 4.94. The molecule has 5 heteroatoms. The van der Waals surface area contributed by atoms with E-state index in [0.29, 0.717) is 12.6 Å². The predicted octanol–water partition coefficient (Wildman–Crippen LogP) is 2.81. The first kappa shape index (κ1) is 16.7. The Morgan fingerprint density at radius 1 is 1.09 bits per heavy atom. The topological polar surface area (TPSA) is 52.6 Å².